The summed E-state index contributed by atoms with van der Waals surface area (Å²) >= 11 is 0. The first kappa shape index (κ1) is 31.1. The van der Waals surface area contributed by atoms with E-state index in [-0.39, 0.29) is 0 Å². The van der Waals surface area contributed by atoms with Crippen molar-refractivity contribution >= 4 is 8.56 Å². The van der Waals surface area contributed by atoms with Gasteiger partial charge in [-0.2, -0.15) is 0 Å². The molecule has 0 amide bonds. The van der Waals surface area contributed by atoms with E-state index in [1.165, 1.54) is 122 Å². The second-order valence-corrected chi connectivity index (χ2v) is 13.6. The van der Waals surface area contributed by atoms with Crippen LogP contribution >= 0.6 is 0 Å². The summed E-state index contributed by atoms with van der Waals surface area (Å²) in [5.41, 5.74) is 0. The summed E-state index contributed by atoms with van der Waals surface area (Å²) in [6.07, 6.45) is 26.7. The molecule has 0 fully saturated rings. The molecule has 0 aliphatic rings. The predicted molar refractivity (Wildman–Crippen MR) is 142 cm³/mol. The van der Waals surface area contributed by atoms with Crippen molar-refractivity contribution in [2.75, 3.05) is 6.61 Å². The standard InChI is InChI=1S/C28H60O2Si/c1-6-10-12-13-14-15-16-17-18-19-20-21-22-23-24-25-27-29-31(8-3,9-4)30-28(5)26-11-7-2/h28H,6-27H2,1-5H3. The molecule has 2 nitrogen and oxygen atoms in total. The molecule has 0 radical (unpaired) electrons. The van der Waals surface area contributed by atoms with Gasteiger partial charge in [0, 0.05) is 12.7 Å². The summed E-state index contributed by atoms with van der Waals surface area (Å²) in [5.74, 6) is 0. The second kappa shape index (κ2) is 23.3. The quantitative estimate of drug-likeness (QED) is 0.100. The Morgan fingerprint density at radius 1 is 0.516 bits per heavy atom. The van der Waals surface area contributed by atoms with Crippen LogP contribution in [0, 0.1) is 0 Å². The molecular weight excluding hydrogens is 396 g/mol. The van der Waals surface area contributed by atoms with Crippen LogP contribution in [0.1, 0.15) is 157 Å². The Labute approximate surface area is 198 Å². The van der Waals surface area contributed by atoms with Gasteiger partial charge in [-0.1, -0.05) is 137 Å². The molecule has 0 N–H and O–H groups in total. The first-order valence-corrected chi connectivity index (χ1v) is 16.7. The van der Waals surface area contributed by atoms with Crippen LogP contribution < -0.4 is 0 Å². The van der Waals surface area contributed by atoms with Crippen molar-refractivity contribution < 1.29 is 8.85 Å². The molecule has 0 bridgehead atoms. The normalized spacial score (nSPS) is 13.1. The smallest absolute Gasteiger partial charge is 0.337 e. The lowest BCUT2D eigenvalue weighted by Crippen LogP contribution is -2.43. The minimum absolute atomic E-state index is 0.359. The van der Waals surface area contributed by atoms with Crippen molar-refractivity contribution in [3.05, 3.63) is 0 Å². The van der Waals surface area contributed by atoms with E-state index in [0.29, 0.717) is 6.10 Å². The van der Waals surface area contributed by atoms with Crippen LogP contribution in [-0.2, 0) is 8.85 Å². The fraction of sp³-hybridized carbons (Fsp3) is 1.00. The van der Waals surface area contributed by atoms with Crippen molar-refractivity contribution in [2.45, 2.75) is 175 Å². The minimum Gasteiger partial charge on any atom is -0.394 e. The van der Waals surface area contributed by atoms with E-state index in [0.717, 1.165) is 18.7 Å². The highest BCUT2D eigenvalue weighted by Gasteiger charge is 2.35. The molecule has 1 unspecified atom stereocenters. The third kappa shape index (κ3) is 19.3. The molecule has 0 aliphatic carbocycles. The lowest BCUT2D eigenvalue weighted by atomic mass is 10.0. The van der Waals surface area contributed by atoms with Gasteiger partial charge in [0.15, 0.2) is 0 Å². The monoisotopic (exact) mass is 456 g/mol. The van der Waals surface area contributed by atoms with Crippen molar-refractivity contribution in [3.8, 4) is 0 Å². The molecule has 0 spiro atoms. The molecular formula is C28H60O2Si. The van der Waals surface area contributed by atoms with Crippen LogP contribution in [0.5, 0.6) is 0 Å². The highest BCUT2D eigenvalue weighted by Crippen LogP contribution is 2.23. The van der Waals surface area contributed by atoms with E-state index in [1.807, 2.05) is 0 Å². The van der Waals surface area contributed by atoms with Gasteiger partial charge in [0.1, 0.15) is 0 Å². The van der Waals surface area contributed by atoms with Gasteiger partial charge in [-0.15, -0.1) is 0 Å². The van der Waals surface area contributed by atoms with Gasteiger partial charge >= 0.3 is 8.56 Å². The number of unbranched alkanes of at least 4 members (excludes halogenated alkanes) is 16. The van der Waals surface area contributed by atoms with Crippen LogP contribution in [0.15, 0.2) is 0 Å². The maximum Gasteiger partial charge on any atom is 0.337 e. The van der Waals surface area contributed by atoms with Crippen molar-refractivity contribution in [3.63, 3.8) is 0 Å². The highest BCUT2D eigenvalue weighted by molar-refractivity contribution is 6.67. The lowest BCUT2D eigenvalue weighted by molar-refractivity contribution is 0.114. The van der Waals surface area contributed by atoms with Gasteiger partial charge in [0.05, 0.1) is 0 Å². The molecule has 0 saturated carbocycles. The zero-order valence-electron chi connectivity index (χ0n) is 22.5. The van der Waals surface area contributed by atoms with Crippen LogP contribution in [0.2, 0.25) is 12.1 Å². The number of hydrogen-bond donors (Lipinski definition) is 0. The Kier molecular flexibility index (Phi) is 23.4. The molecule has 188 valence electrons. The molecule has 0 heterocycles. The van der Waals surface area contributed by atoms with Crippen molar-refractivity contribution in [1.82, 2.24) is 0 Å². The van der Waals surface area contributed by atoms with Gasteiger partial charge in [-0.3, -0.25) is 0 Å². The molecule has 1 atom stereocenters. The summed E-state index contributed by atoms with van der Waals surface area (Å²) in [6, 6.07) is 2.16. The largest absolute Gasteiger partial charge is 0.394 e. The zero-order valence-corrected chi connectivity index (χ0v) is 23.5. The molecule has 31 heavy (non-hydrogen) atoms. The first-order valence-electron chi connectivity index (χ1n) is 14.5. The van der Waals surface area contributed by atoms with E-state index in [1.54, 1.807) is 0 Å². The Balaban J connectivity index is 3.52. The molecule has 0 aromatic carbocycles. The summed E-state index contributed by atoms with van der Waals surface area (Å²) in [7, 11) is -1.97. The summed E-state index contributed by atoms with van der Waals surface area (Å²) in [5, 5.41) is 0. The Morgan fingerprint density at radius 2 is 0.903 bits per heavy atom. The topological polar surface area (TPSA) is 18.5 Å². The zero-order chi connectivity index (χ0) is 23.0. The predicted octanol–water partition coefficient (Wildman–Crippen LogP) is 10.3. The van der Waals surface area contributed by atoms with Gasteiger partial charge < -0.3 is 8.85 Å². The number of rotatable bonds is 25. The molecule has 0 aromatic rings. The number of hydrogen-bond acceptors (Lipinski definition) is 2. The minimum atomic E-state index is -1.97. The molecule has 0 saturated heterocycles. The van der Waals surface area contributed by atoms with Gasteiger partial charge in [-0.25, -0.2) is 0 Å². The molecule has 0 aliphatic heterocycles. The maximum absolute atomic E-state index is 6.48. The Bertz CT molecular complexity index is 344. The molecule has 0 aromatic heterocycles. The van der Waals surface area contributed by atoms with Crippen LogP contribution in [-0.4, -0.2) is 21.3 Å². The second-order valence-electron chi connectivity index (χ2n) is 9.84. The molecule has 3 heteroatoms. The Morgan fingerprint density at radius 3 is 1.29 bits per heavy atom. The maximum atomic E-state index is 6.48. The fourth-order valence-corrected chi connectivity index (χ4v) is 7.16. The van der Waals surface area contributed by atoms with E-state index >= 15 is 0 Å². The van der Waals surface area contributed by atoms with Crippen molar-refractivity contribution in [1.29, 1.82) is 0 Å². The van der Waals surface area contributed by atoms with Gasteiger partial charge in [-0.05, 0) is 31.9 Å². The first-order chi connectivity index (χ1) is 15.1. The molecule has 0 rings (SSSR count). The average molecular weight is 457 g/mol. The van der Waals surface area contributed by atoms with Gasteiger partial charge in [0.2, 0.25) is 0 Å². The summed E-state index contributed by atoms with van der Waals surface area (Å²) in [6.45, 7) is 12.2. The van der Waals surface area contributed by atoms with Gasteiger partial charge in [0.25, 0.3) is 0 Å². The van der Waals surface area contributed by atoms with E-state index in [9.17, 15) is 0 Å². The van der Waals surface area contributed by atoms with Crippen molar-refractivity contribution in [2.24, 2.45) is 0 Å². The van der Waals surface area contributed by atoms with E-state index in [2.05, 4.69) is 34.6 Å². The fourth-order valence-electron chi connectivity index (χ4n) is 4.48. The average Bonchev–Trinajstić information content (AvgIpc) is 2.79. The van der Waals surface area contributed by atoms with Crippen LogP contribution in [0.4, 0.5) is 0 Å². The summed E-state index contributed by atoms with van der Waals surface area (Å²) < 4.78 is 12.9. The Hall–Kier alpha value is 0.137. The van der Waals surface area contributed by atoms with E-state index < -0.39 is 8.56 Å². The SMILES string of the molecule is CCCCCCCCCCCCCCCCCCO[Si](CC)(CC)OC(C)CCCC. The van der Waals surface area contributed by atoms with Crippen LogP contribution in [0.3, 0.4) is 0 Å². The van der Waals surface area contributed by atoms with Crippen LogP contribution in [0.25, 0.3) is 0 Å². The third-order valence-corrected chi connectivity index (χ3v) is 10.5. The third-order valence-electron chi connectivity index (χ3n) is 6.82. The van der Waals surface area contributed by atoms with E-state index in [4.69, 9.17) is 8.85 Å². The highest BCUT2D eigenvalue weighted by atomic mass is 28.4. The lowest BCUT2D eigenvalue weighted by Gasteiger charge is -2.32. The summed E-state index contributed by atoms with van der Waals surface area (Å²) in [4.78, 5) is 0.